The molecule has 0 spiro atoms. The molecule has 2 aromatic rings. The number of hydrogen-bond acceptors (Lipinski definition) is 3. The molecule has 106 valence electrons. The number of aliphatic carboxylic acids is 1. The lowest BCUT2D eigenvalue weighted by atomic mass is 10.1. The van der Waals surface area contributed by atoms with Crippen molar-refractivity contribution in [3.63, 3.8) is 0 Å². The van der Waals surface area contributed by atoms with Gasteiger partial charge in [-0.2, -0.15) is 0 Å². The first-order chi connectivity index (χ1) is 9.49. The molecular weight excluding hydrogens is 366 g/mol. The number of carboxylic acid groups (broad SMARTS) is 1. The summed E-state index contributed by atoms with van der Waals surface area (Å²) in [6.45, 7) is 0.371. The summed E-state index contributed by atoms with van der Waals surface area (Å²) >= 11 is 10.6. The maximum absolute atomic E-state index is 11.8. The summed E-state index contributed by atoms with van der Waals surface area (Å²) in [5.41, 5.74) is 1.49. The Labute approximate surface area is 132 Å². The van der Waals surface area contributed by atoms with E-state index in [-0.39, 0.29) is 11.3 Å². The average molecular weight is 377 g/mol. The highest BCUT2D eigenvalue weighted by Gasteiger charge is 2.12. The van der Waals surface area contributed by atoms with Gasteiger partial charge in [0.25, 0.3) is 0 Å². The number of carbonyl (C=O) groups is 1. The second-order valence-electron chi connectivity index (χ2n) is 4.16. The van der Waals surface area contributed by atoms with Gasteiger partial charge in [0.2, 0.25) is 0 Å². The van der Waals surface area contributed by atoms with Gasteiger partial charge in [-0.25, -0.2) is 0 Å². The molecule has 0 bridgehead atoms. The fourth-order valence-electron chi connectivity index (χ4n) is 1.84. The van der Waals surface area contributed by atoms with Crippen LogP contribution < -0.4 is 4.87 Å². The first kappa shape index (κ1) is 15.3. The molecule has 0 aliphatic heterocycles. The molecule has 0 saturated carbocycles. The largest absolute Gasteiger partial charge is 0.481 e. The molecular formula is C13H11BrClNO3S. The van der Waals surface area contributed by atoms with E-state index in [1.165, 1.54) is 0 Å². The molecule has 0 atom stereocenters. The van der Waals surface area contributed by atoms with Crippen molar-refractivity contribution in [3.8, 4) is 11.3 Å². The van der Waals surface area contributed by atoms with Gasteiger partial charge >= 0.3 is 10.8 Å². The Morgan fingerprint density at radius 2 is 2.20 bits per heavy atom. The van der Waals surface area contributed by atoms with E-state index >= 15 is 0 Å². The van der Waals surface area contributed by atoms with Gasteiger partial charge in [0.05, 0.1) is 10.7 Å². The van der Waals surface area contributed by atoms with E-state index in [0.717, 1.165) is 27.1 Å². The van der Waals surface area contributed by atoms with Crippen LogP contribution in [0.1, 0.15) is 12.8 Å². The topological polar surface area (TPSA) is 59.3 Å². The summed E-state index contributed by atoms with van der Waals surface area (Å²) in [5.74, 6) is -0.864. The van der Waals surface area contributed by atoms with Gasteiger partial charge in [-0.1, -0.05) is 44.9 Å². The lowest BCUT2D eigenvalue weighted by Crippen LogP contribution is -2.15. The minimum atomic E-state index is -0.864. The number of nitrogens with zero attached hydrogens (tertiary/aromatic N) is 1. The minimum Gasteiger partial charge on any atom is -0.481 e. The van der Waals surface area contributed by atoms with Gasteiger partial charge in [-0.05, 0) is 18.6 Å². The number of thiazole rings is 1. The number of carboxylic acids is 1. The minimum absolute atomic E-state index is 0.0375. The third-order valence-electron chi connectivity index (χ3n) is 2.76. The molecule has 0 aliphatic rings. The summed E-state index contributed by atoms with van der Waals surface area (Å²) < 4.78 is 2.43. The van der Waals surface area contributed by atoms with Gasteiger partial charge in [-0.3, -0.25) is 14.2 Å². The first-order valence-corrected chi connectivity index (χ1v) is 7.89. The van der Waals surface area contributed by atoms with Crippen molar-refractivity contribution in [2.24, 2.45) is 0 Å². The van der Waals surface area contributed by atoms with E-state index < -0.39 is 5.97 Å². The Bertz CT molecular complexity index is 695. The zero-order valence-electron chi connectivity index (χ0n) is 10.3. The molecule has 1 aromatic carbocycles. The molecule has 20 heavy (non-hydrogen) atoms. The number of hydrogen-bond donors (Lipinski definition) is 1. The smallest absolute Gasteiger partial charge is 0.307 e. The van der Waals surface area contributed by atoms with Crippen LogP contribution in [0.5, 0.6) is 0 Å². The van der Waals surface area contributed by atoms with Crippen LogP contribution in [0, 0.1) is 0 Å². The van der Waals surface area contributed by atoms with Crippen LogP contribution in [0.3, 0.4) is 0 Å². The van der Waals surface area contributed by atoms with Crippen molar-refractivity contribution in [1.82, 2.24) is 4.57 Å². The maximum Gasteiger partial charge on any atom is 0.307 e. The molecule has 0 saturated heterocycles. The molecule has 0 amide bonds. The summed E-state index contributed by atoms with van der Waals surface area (Å²) in [6, 6.07) is 5.45. The normalized spacial score (nSPS) is 10.7. The van der Waals surface area contributed by atoms with Crippen LogP contribution in [0.25, 0.3) is 11.3 Å². The molecule has 0 unspecified atom stereocenters. The lowest BCUT2D eigenvalue weighted by Gasteiger charge is -2.09. The number of aromatic nitrogens is 1. The van der Waals surface area contributed by atoms with Crippen molar-refractivity contribution in [2.45, 2.75) is 19.4 Å². The van der Waals surface area contributed by atoms with Crippen LogP contribution in [0.15, 0.2) is 32.8 Å². The Hall–Kier alpha value is -1.11. The molecule has 7 heteroatoms. The van der Waals surface area contributed by atoms with E-state index in [9.17, 15) is 9.59 Å². The van der Waals surface area contributed by atoms with E-state index in [1.807, 2.05) is 12.1 Å². The Morgan fingerprint density at radius 1 is 1.45 bits per heavy atom. The molecule has 0 radical (unpaired) electrons. The number of rotatable bonds is 5. The molecule has 2 rings (SSSR count). The fraction of sp³-hybridized carbons (Fsp3) is 0.231. The SMILES string of the molecule is O=C(O)CCCn1c(-c2ccc(Br)cc2Cl)csc1=O. The zero-order chi connectivity index (χ0) is 14.7. The third-order valence-corrected chi connectivity index (χ3v) is 4.33. The van der Waals surface area contributed by atoms with Gasteiger partial charge in [-0.15, -0.1) is 0 Å². The van der Waals surface area contributed by atoms with Crippen LogP contribution in [0.4, 0.5) is 0 Å². The van der Waals surface area contributed by atoms with Crippen molar-refractivity contribution in [2.75, 3.05) is 0 Å². The van der Waals surface area contributed by atoms with E-state index in [2.05, 4.69) is 15.9 Å². The van der Waals surface area contributed by atoms with E-state index in [4.69, 9.17) is 16.7 Å². The van der Waals surface area contributed by atoms with Crippen molar-refractivity contribution in [1.29, 1.82) is 0 Å². The van der Waals surface area contributed by atoms with Gasteiger partial charge in [0.15, 0.2) is 0 Å². The average Bonchev–Trinajstić information content (AvgIpc) is 2.71. The van der Waals surface area contributed by atoms with Gasteiger partial charge < -0.3 is 5.11 Å². The second kappa shape index (κ2) is 6.56. The summed E-state index contributed by atoms with van der Waals surface area (Å²) in [6.07, 6.45) is 0.447. The van der Waals surface area contributed by atoms with Crippen molar-refractivity contribution < 1.29 is 9.90 Å². The maximum atomic E-state index is 11.8. The molecule has 4 nitrogen and oxygen atoms in total. The Morgan fingerprint density at radius 3 is 2.85 bits per heavy atom. The summed E-state index contributed by atoms with van der Waals surface area (Å²) in [5, 5.41) is 11.0. The zero-order valence-corrected chi connectivity index (χ0v) is 13.5. The third kappa shape index (κ3) is 3.50. The van der Waals surface area contributed by atoms with Gasteiger partial charge in [0, 0.05) is 28.4 Å². The van der Waals surface area contributed by atoms with Crippen LogP contribution >= 0.6 is 38.9 Å². The number of halogens is 2. The predicted octanol–water partition coefficient (Wildman–Crippen LogP) is 3.86. The van der Waals surface area contributed by atoms with Crippen molar-refractivity contribution >= 4 is 44.8 Å². The highest BCUT2D eigenvalue weighted by atomic mass is 79.9. The molecule has 0 aliphatic carbocycles. The summed E-state index contributed by atoms with van der Waals surface area (Å²) in [4.78, 5) is 22.3. The van der Waals surface area contributed by atoms with Crippen molar-refractivity contribution in [3.05, 3.63) is 42.7 Å². The lowest BCUT2D eigenvalue weighted by molar-refractivity contribution is -0.137. The van der Waals surface area contributed by atoms with E-state index in [0.29, 0.717) is 18.0 Å². The molecule has 0 fully saturated rings. The first-order valence-electron chi connectivity index (χ1n) is 5.84. The highest BCUT2D eigenvalue weighted by Crippen LogP contribution is 2.30. The summed E-state index contributed by atoms with van der Waals surface area (Å²) in [7, 11) is 0. The molecule has 1 N–H and O–H groups in total. The Kier molecular flexibility index (Phi) is 5.01. The van der Waals surface area contributed by atoms with Crippen LogP contribution in [-0.2, 0) is 11.3 Å². The highest BCUT2D eigenvalue weighted by molar-refractivity contribution is 9.10. The van der Waals surface area contributed by atoms with Crippen LogP contribution in [-0.4, -0.2) is 15.6 Å². The fourth-order valence-corrected chi connectivity index (χ4v) is 3.39. The molecule has 1 heterocycles. The van der Waals surface area contributed by atoms with E-state index in [1.54, 1.807) is 16.0 Å². The quantitative estimate of drug-likeness (QED) is 0.862. The standard InChI is InChI=1S/C13H11BrClNO3S/c14-8-3-4-9(10(15)6-8)11-7-20-13(19)16(11)5-1-2-12(17)18/h3-4,6-7H,1-2,5H2,(H,17,18). The van der Waals surface area contributed by atoms with Crippen LogP contribution in [0.2, 0.25) is 5.02 Å². The monoisotopic (exact) mass is 375 g/mol. The second-order valence-corrected chi connectivity index (χ2v) is 6.30. The van der Waals surface area contributed by atoms with Gasteiger partial charge in [0.1, 0.15) is 0 Å². The number of benzene rings is 1. The predicted molar refractivity (Wildman–Crippen MR) is 83.6 cm³/mol. The molecule has 1 aromatic heterocycles. The Balaban J connectivity index is 2.33.